The van der Waals surface area contributed by atoms with Crippen molar-refractivity contribution in [2.75, 3.05) is 5.73 Å². The number of nitrogen functional groups attached to an aromatic ring is 1. The Balaban J connectivity index is 2.37. The predicted molar refractivity (Wildman–Crippen MR) is 54.6 cm³/mol. The number of anilines is 1. The summed E-state index contributed by atoms with van der Waals surface area (Å²) in [6.45, 7) is 0. The Labute approximate surface area is 85.1 Å². The molecular weight excluding hydrogens is 196 g/mol. The maximum Gasteiger partial charge on any atom is 0.307 e. The summed E-state index contributed by atoms with van der Waals surface area (Å²) in [7, 11) is 0. The Bertz CT molecular complexity index is 489. The highest BCUT2D eigenvalue weighted by molar-refractivity contribution is 5.45. The van der Waals surface area contributed by atoms with Gasteiger partial charge in [0.2, 0.25) is 0 Å². The molecular formula is C9H8N4O2. The van der Waals surface area contributed by atoms with Crippen molar-refractivity contribution in [3.63, 3.8) is 0 Å². The zero-order chi connectivity index (χ0) is 10.8. The summed E-state index contributed by atoms with van der Waals surface area (Å²) in [5.74, 6) is 0. The van der Waals surface area contributed by atoms with E-state index >= 15 is 0 Å². The van der Waals surface area contributed by atoms with E-state index in [-0.39, 0.29) is 5.69 Å². The van der Waals surface area contributed by atoms with E-state index in [1.807, 2.05) is 0 Å². The molecule has 1 aromatic carbocycles. The lowest BCUT2D eigenvalue weighted by Crippen LogP contribution is -1.94. The first-order valence-electron chi connectivity index (χ1n) is 4.22. The monoisotopic (exact) mass is 204 g/mol. The molecule has 0 saturated heterocycles. The lowest BCUT2D eigenvalue weighted by atomic mass is 10.3. The SMILES string of the molecule is Nc1ccc(-n2cc([N+](=O)[O-])cn2)cc1. The van der Waals surface area contributed by atoms with Gasteiger partial charge in [0.25, 0.3) is 0 Å². The van der Waals surface area contributed by atoms with Gasteiger partial charge in [-0.2, -0.15) is 5.10 Å². The van der Waals surface area contributed by atoms with E-state index in [1.165, 1.54) is 17.1 Å². The number of nitrogens with zero attached hydrogens (tertiary/aromatic N) is 3. The minimum atomic E-state index is -0.485. The van der Waals surface area contributed by atoms with Crippen LogP contribution in [0, 0.1) is 10.1 Å². The number of rotatable bonds is 2. The summed E-state index contributed by atoms with van der Waals surface area (Å²) >= 11 is 0. The Morgan fingerprint density at radius 2 is 2.00 bits per heavy atom. The molecule has 0 aliphatic rings. The molecule has 0 fully saturated rings. The van der Waals surface area contributed by atoms with E-state index < -0.39 is 4.92 Å². The highest BCUT2D eigenvalue weighted by atomic mass is 16.6. The molecule has 0 bridgehead atoms. The van der Waals surface area contributed by atoms with Gasteiger partial charge in [0.1, 0.15) is 12.4 Å². The standard InChI is InChI=1S/C9H8N4O2/c10-7-1-3-8(4-2-7)12-6-9(5-11-12)13(14)15/h1-6H,10H2. The topological polar surface area (TPSA) is 87.0 Å². The number of hydrogen-bond acceptors (Lipinski definition) is 4. The van der Waals surface area contributed by atoms with Crippen molar-refractivity contribution in [1.29, 1.82) is 0 Å². The van der Waals surface area contributed by atoms with E-state index in [9.17, 15) is 10.1 Å². The second-order valence-corrected chi connectivity index (χ2v) is 2.99. The van der Waals surface area contributed by atoms with Crippen LogP contribution in [0.15, 0.2) is 36.7 Å². The predicted octanol–water partition coefficient (Wildman–Crippen LogP) is 1.36. The van der Waals surface area contributed by atoms with Crippen LogP contribution in [0.5, 0.6) is 0 Å². The summed E-state index contributed by atoms with van der Waals surface area (Å²) in [5, 5.41) is 14.3. The number of nitrogens with two attached hydrogens (primary N) is 1. The van der Waals surface area contributed by atoms with E-state index in [4.69, 9.17) is 5.73 Å². The summed E-state index contributed by atoms with van der Waals surface area (Å²) < 4.78 is 1.43. The van der Waals surface area contributed by atoms with Crippen LogP contribution in [0.3, 0.4) is 0 Å². The third-order valence-electron chi connectivity index (χ3n) is 1.94. The van der Waals surface area contributed by atoms with E-state index in [0.717, 1.165) is 5.69 Å². The van der Waals surface area contributed by atoms with Gasteiger partial charge in [-0.25, -0.2) is 4.68 Å². The molecule has 2 N–H and O–H groups in total. The van der Waals surface area contributed by atoms with Crippen molar-refractivity contribution >= 4 is 11.4 Å². The normalized spacial score (nSPS) is 10.1. The van der Waals surface area contributed by atoms with Gasteiger partial charge in [-0.15, -0.1) is 0 Å². The Kier molecular flexibility index (Phi) is 2.09. The van der Waals surface area contributed by atoms with Gasteiger partial charge in [-0.05, 0) is 24.3 Å². The summed E-state index contributed by atoms with van der Waals surface area (Å²) in [6.07, 6.45) is 2.56. The lowest BCUT2D eigenvalue weighted by molar-refractivity contribution is -0.384. The fraction of sp³-hybridized carbons (Fsp3) is 0. The quantitative estimate of drug-likeness (QED) is 0.454. The third-order valence-corrected chi connectivity index (χ3v) is 1.94. The molecule has 0 aliphatic carbocycles. The Hall–Kier alpha value is -2.37. The average molecular weight is 204 g/mol. The van der Waals surface area contributed by atoms with E-state index in [1.54, 1.807) is 24.3 Å². The number of aromatic nitrogens is 2. The largest absolute Gasteiger partial charge is 0.399 e. The van der Waals surface area contributed by atoms with Gasteiger partial charge in [0.15, 0.2) is 0 Å². The van der Waals surface area contributed by atoms with Crippen molar-refractivity contribution in [2.24, 2.45) is 0 Å². The van der Waals surface area contributed by atoms with Crippen molar-refractivity contribution in [2.45, 2.75) is 0 Å². The van der Waals surface area contributed by atoms with Gasteiger partial charge in [0.05, 0.1) is 10.6 Å². The van der Waals surface area contributed by atoms with Gasteiger partial charge in [-0.3, -0.25) is 10.1 Å². The first kappa shape index (κ1) is 9.20. The second kappa shape index (κ2) is 3.41. The molecule has 0 unspecified atom stereocenters. The van der Waals surface area contributed by atoms with Crippen LogP contribution in [0.1, 0.15) is 0 Å². The zero-order valence-electron chi connectivity index (χ0n) is 7.70. The van der Waals surface area contributed by atoms with Crippen molar-refractivity contribution in [3.8, 4) is 5.69 Å². The minimum Gasteiger partial charge on any atom is -0.399 e. The Morgan fingerprint density at radius 3 is 2.53 bits per heavy atom. The van der Waals surface area contributed by atoms with Crippen LogP contribution in [-0.2, 0) is 0 Å². The van der Waals surface area contributed by atoms with Crippen LogP contribution < -0.4 is 5.73 Å². The van der Waals surface area contributed by atoms with Gasteiger partial charge in [0, 0.05) is 5.69 Å². The molecule has 6 heteroatoms. The molecule has 2 rings (SSSR count). The molecule has 0 spiro atoms. The highest BCUT2D eigenvalue weighted by Gasteiger charge is 2.09. The smallest absolute Gasteiger partial charge is 0.307 e. The van der Waals surface area contributed by atoms with Gasteiger partial charge in [-0.1, -0.05) is 0 Å². The molecule has 76 valence electrons. The van der Waals surface area contributed by atoms with Crippen molar-refractivity contribution in [3.05, 3.63) is 46.8 Å². The zero-order valence-corrected chi connectivity index (χ0v) is 7.70. The molecule has 0 amide bonds. The maximum absolute atomic E-state index is 10.4. The van der Waals surface area contributed by atoms with Gasteiger partial charge >= 0.3 is 5.69 Å². The number of benzene rings is 1. The molecule has 2 aromatic rings. The molecule has 0 atom stereocenters. The first-order chi connectivity index (χ1) is 7.16. The van der Waals surface area contributed by atoms with Crippen LogP contribution in [0.4, 0.5) is 11.4 Å². The van der Waals surface area contributed by atoms with Crippen LogP contribution in [-0.4, -0.2) is 14.7 Å². The number of nitro groups is 1. The minimum absolute atomic E-state index is 0.0353. The summed E-state index contributed by atoms with van der Waals surface area (Å²) in [4.78, 5) is 9.95. The molecule has 0 radical (unpaired) electrons. The fourth-order valence-electron chi connectivity index (χ4n) is 1.18. The third kappa shape index (κ3) is 1.78. The number of hydrogen-bond donors (Lipinski definition) is 1. The Morgan fingerprint density at radius 1 is 1.33 bits per heavy atom. The molecule has 6 nitrogen and oxygen atoms in total. The summed E-state index contributed by atoms with van der Waals surface area (Å²) in [5.41, 5.74) is 6.86. The van der Waals surface area contributed by atoms with E-state index in [0.29, 0.717) is 5.69 Å². The molecule has 1 aromatic heterocycles. The van der Waals surface area contributed by atoms with Crippen LogP contribution >= 0.6 is 0 Å². The molecule has 15 heavy (non-hydrogen) atoms. The molecule has 1 heterocycles. The summed E-state index contributed by atoms with van der Waals surface area (Å²) in [6, 6.07) is 6.91. The van der Waals surface area contributed by atoms with E-state index in [2.05, 4.69) is 5.10 Å². The molecule has 0 aliphatic heterocycles. The maximum atomic E-state index is 10.4. The van der Waals surface area contributed by atoms with Crippen LogP contribution in [0.2, 0.25) is 0 Å². The molecule has 0 saturated carbocycles. The van der Waals surface area contributed by atoms with Crippen LogP contribution in [0.25, 0.3) is 5.69 Å². The van der Waals surface area contributed by atoms with Crippen molar-refractivity contribution in [1.82, 2.24) is 9.78 Å². The fourth-order valence-corrected chi connectivity index (χ4v) is 1.18. The average Bonchev–Trinajstić information content (AvgIpc) is 2.68. The highest BCUT2D eigenvalue weighted by Crippen LogP contribution is 2.14. The first-order valence-corrected chi connectivity index (χ1v) is 4.22. The lowest BCUT2D eigenvalue weighted by Gasteiger charge is -1.99. The van der Waals surface area contributed by atoms with Gasteiger partial charge < -0.3 is 5.73 Å². The second-order valence-electron chi connectivity index (χ2n) is 2.99. The van der Waals surface area contributed by atoms with Crippen molar-refractivity contribution < 1.29 is 4.92 Å².